The van der Waals surface area contributed by atoms with Gasteiger partial charge >= 0.3 is 0 Å². The van der Waals surface area contributed by atoms with Gasteiger partial charge in [0.05, 0.1) is 8.07 Å². The predicted octanol–water partition coefficient (Wildman–Crippen LogP) is 3.84. The van der Waals surface area contributed by atoms with E-state index in [1.54, 1.807) is 0 Å². The lowest BCUT2D eigenvalue weighted by atomic mass is 11.5. The Morgan fingerprint density at radius 1 is 0.643 bits per heavy atom. The van der Waals surface area contributed by atoms with E-state index in [-0.39, 0.29) is 0 Å². The van der Waals surface area contributed by atoms with Gasteiger partial charge in [0.25, 0.3) is 0 Å². The highest BCUT2D eigenvalue weighted by Gasteiger charge is 2.36. The molecule has 0 aromatic heterocycles. The average Bonchev–Trinajstić information content (AvgIpc) is 1.75. The van der Waals surface area contributed by atoms with E-state index in [1.807, 2.05) is 0 Å². The van der Waals surface area contributed by atoms with Crippen LogP contribution in [0.25, 0.3) is 0 Å². The van der Waals surface area contributed by atoms with Crippen molar-refractivity contribution in [3.63, 3.8) is 0 Å². The molecule has 4 heteroatoms. The van der Waals surface area contributed by atoms with Gasteiger partial charge in [-0.05, 0) is 6.17 Å². The molecule has 86 valence electrons. The molecule has 1 nitrogen and oxygen atoms in total. The molecule has 0 fully saturated rings. The zero-order valence-corrected chi connectivity index (χ0v) is 14.7. The third kappa shape index (κ3) is 5.48. The van der Waals surface area contributed by atoms with E-state index < -0.39 is 24.5 Å². The van der Waals surface area contributed by atoms with E-state index in [0.717, 1.165) is 0 Å². The van der Waals surface area contributed by atoms with Crippen LogP contribution in [0.4, 0.5) is 0 Å². The first-order chi connectivity index (χ1) is 5.84. The van der Waals surface area contributed by atoms with Gasteiger partial charge in [0.1, 0.15) is 16.5 Å². The molecule has 0 N–H and O–H groups in total. The molecule has 0 aromatic carbocycles. The van der Waals surface area contributed by atoms with Gasteiger partial charge in [-0.25, -0.2) is 0 Å². The first kappa shape index (κ1) is 14.6. The van der Waals surface area contributed by atoms with Gasteiger partial charge in [-0.15, -0.1) is 0 Å². The monoisotopic (exact) mass is 247 g/mol. The largest absolute Gasteiger partial charge is 0.348 e. The number of rotatable bonds is 4. The zero-order chi connectivity index (χ0) is 11.8. The first-order valence-corrected chi connectivity index (χ1v) is 16.2. The van der Waals surface area contributed by atoms with Gasteiger partial charge in [0.2, 0.25) is 0 Å². The smallest absolute Gasteiger partial charge is 0.112 e. The average molecular weight is 248 g/mol. The van der Waals surface area contributed by atoms with Crippen molar-refractivity contribution in [3.8, 4) is 0 Å². The molecule has 0 unspecified atom stereocenters. The topological polar surface area (TPSA) is 3.24 Å². The summed E-state index contributed by atoms with van der Waals surface area (Å²) in [5.74, 6) is 0. The lowest BCUT2D eigenvalue weighted by Crippen LogP contribution is -2.63. The van der Waals surface area contributed by atoms with Crippen molar-refractivity contribution < 1.29 is 0 Å². The van der Waals surface area contributed by atoms with E-state index in [4.69, 9.17) is 0 Å². The minimum atomic E-state index is -1.10. The molecule has 14 heavy (non-hydrogen) atoms. The van der Waals surface area contributed by atoms with E-state index in [2.05, 4.69) is 63.2 Å². The van der Waals surface area contributed by atoms with Crippen LogP contribution < -0.4 is 0 Å². The van der Waals surface area contributed by atoms with Gasteiger partial charge in [0, 0.05) is 0 Å². The Labute approximate surface area is 94.1 Å². The fourth-order valence-electron chi connectivity index (χ4n) is 1.95. The molecule has 0 aromatic rings. The molecule has 0 rings (SSSR count). The molecular formula is C10H29NSi3. The van der Waals surface area contributed by atoms with Crippen LogP contribution in [0.1, 0.15) is 0 Å². The van der Waals surface area contributed by atoms with Crippen LogP contribution in [0.2, 0.25) is 58.9 Å². The van der Waals surface area contributed by atoms with Crippen molar-refractivity contribution >= 4 is 24.5 Å². The number of nitrogens with zero attached hydrogens (tertiary/aromatic N) is 1. The standard InChI is InChI=1S/C10H29NSi3/c1-12(2,3)10-11(13(4,5)6)14(7,8)9/h10H2,1-9H3. The predicted molar refractivity (Wildman–Crippen MR) is 76.7 cm³/mol. The Bertz CT molecular complexity index is 169. The second-order valence-corrected chi connectivity index (χ2v) is 23.1. The van der Waals surface area contributed by atoms with Crippen LogP contribution in [0, 0.1) is 0 Å². The van der Waals surface area contributed by atoms with Crippen LogP contribution in [-0.4, -0.2) is 34.9 Å². The van der Waals surface area contributed by atoms with Crippen LogP contribution in [0.5, 0.6) is 0 Å². The second-order valence-electron chi connectivity index (χ2n) is 7.49. The molecule has 0 aliphatic carbocycles. The summed E-state index contributed by atoms with van der Waals surface area (Å²) in [5.41, 5.74) is 0. The molecule has 0 aliphatic rings. The van der Waals surface area contributed by atoms with Crippen molar-refractivity contribution in [1.82, 2.24) is 4.23 Å². The zero-order valence-electron chi connectivity index (χ0n) is 11.7. The minimum absolute atomic E-state index is 0.945. The van der Waals surface area contributed by atoms with Gasteiger partial charge in [-0.3, -0.25) is 0 Å². The molecule has 0 aliphatic heterocycles. The van der Waals surface area contributed by atoms with Crippen molar-refractivity contribution in [2.75, 3.05) is 6.17 Å². The van der Waals surface area contributed by atoms with Crippen LogP contribution in [0.3, 0.4) is 0 Å². The highest BCUT2D eigenvalue weighted by molar-refractivity contribution is 6.91. The summed E-state index contributed by atoms with van der Waals surface area (Å²) in [4.78, 5) is 0. The third-order valence-corrected chi connectivity index (χ3v) is 11.7. The SMILES string of the molecule is C[Si](C)(C)CN([Si](C)(C)C)[Si](C)(C)C. The summed E-state index contributed by atoms with van der Waals surface area (Å²) in [6, 6.07) is 0. The summed E-state index contributed by atoms with van der Waals surface area (Å²) in [6.45, 7) is 22.4. The van der Waals surface area contributed by atoms with Crippen LogP contribution in [-0.2, 0) is 0 Å². The van der Waals surface area contributed by atoms with Crippen molar-refractivity contribution in [2.24, 2.45) is 0 Å². The van der Waals surface area contributed by atoms with Crippen molar-refractivity contribution in [1.29, 1.82) is 0 Å². The Morgan fingerprint density at radius 2 is 0.929 bits per heavy atom. The fourth-order valence-corrected chi connectivity index (χ4v) is 17.6. The molecule has 0 radical (unpaired) electrons. The molecular weight excluding hydrogens is 218 g/mol. The minimum Gasteiger partial charge on any atom is -0.348 e. The summed E-state index contributed by atoms with van der Waals surface area (Å²) < 4.78 is 2.92. The molecule has 0 heterocycles. The quantitative estimate of drug-likeness (QED) is 0.683. The summed E-state index contributed by atoms with van der Waals surface area (Å²) in [6.07, 6.45) is 1.40. The summed E-state index contributed by atoms with van der Waals surface area (Å²) in [5, 5.41) is 0. The molecule has 0 saturated heterocycles. The van der Waals surface area contributed by atoms with Crippen LogP contribution in [0.15, 0.2) is 0 Å². The van der Waals surface area contributed by atoms with Gasteiger partial charge in [-0.2, -0.15) is 0 Å². The normalized spacial score (nSPS) is 15.0. The van der Waals surface area contributed by atoms with Gasteiger partial charge < -0.3 is 4.23 Å². The lowest BCUT2D eigenvalue weighted by Gasteiger charge is -2.46. The molecule has 0 spiro atoms. The van der Waals surface area contributed by atoms with Gasteiger partial charge in [0.15, 0.2) is 0 Å². The van der Waals surface area contributed by atoms with Gasteiger partial charge in [-0.1, -0.05) is 58.9 Å². The van der Waals surface area contributed by atoms with Crippen molar-refractivity contribution in [3.05, 3.63) is 0 Å². The summed E-state index contributed by atoms with van der Waals surface area (Å²) >= 11 is 0. The number of hydrogen-bond acceptors (Lipinski definition) is 1. The lowest BCUT2D eigenvalue weighted by molar-refractivity contribution is 0.708. The third-order valence-electron chi connectivity index (χ3n) is 2.25. The Morgan fingerprint density at radius 3 is 1.00 bits per heavy atom. The maximum atomic E-state index is 2.92. The Balaban J connectivity index is 4.78. The maximum absolute atomic E-state index is 2.92. The Hall–Kier alpha value is 0.611. The number of hydrogen-bond donors (Lipinski definition) is 0. The molecule has 0 amide bonds. The first-order valence-electron chi connectivity index (χ1n) is 5.62. The van der Waals surface area contributed by atoms with E-state index >= 15 is 0 Å². The highest BCUT2D eigenvalue weighted by Crippen LogP contribution is 2.21. The van der Waals surface area contributed by atoms with Crippen molar-refractivity contribution in [2.45, 2.75) is 58.9 Å². The van der Waals surface area contributed by atoms with Crippen LogP contribution >= 0.6 is 0 Å². The molecule has 0 saturated carbocycles. The molecule has 0 atom stereocenters. The van der Waals surface area contributed by atoms with E-state index in [9.17, 15) is 0 Å². The second kappa shape index (κ2) is 4.23. The highest BCUT2D eigenvalue weighted by atomic mass is 28.4. The Kier molecular flexibility index (Phi) is 4.42. The molecule has 0 bridgehead atoms. The summed E-state index contributed by atoms with van der Waals surface area (Å²) in [7, 11) is -3.15. The maximum Gasteiger partial charge on any atom is 0.112 e. The van der Waals surface area contributed by atoms with E-state index in [0.29, 0.717) is 0 Å². The van der Waals surface area contributed by atoms with E-state index in [1.165, 1.54) is 6.17 Å². The fraction of sp³-hybridized carbons (Fsp3) is 1.00.